The number of rotatable bonds is 3. The fourth-order valence-corrected chi connectivity index (χ4v) is 5.81. The van der Waals surface area contributed by atoms with E-state index in [-0.39, 0.29) is 16.4 Å². The van der Waals surface area contributed by atoms with Gasteiger partial charge in [0.25, 0.3) is 0 Å². The van der Waals surface area contributed by atoms with Crippen molar-refractivity contribution in [3.8, 4) is 0 Å². The van der Waals surface area contributed by atoms with E-state index in [2.05, 4.69) is 5.32 Å². The highest BCUT2D eigenvalue weighted by Crippen LogP contribution is 2.51. The molecule has 0 aromatic heterocycles. The van der Waals surface area contributed by atoms with Crippen LogP contribution in [0.25, 0.3) is 0 Å². The van der Waals surface area contributed by atoms with Crippen molar-refractivity contribution in [3.63, 3.8) is 0 Å². The van der Waals surface area contributed by atoms with E-state index in [0.29, 0.717) is 26.5 Å². The zero-order valence-corrected chi connectivity index (χ0v) is 19.2. The Morgan fingerprint density at radius 1 is 1.04 bits per heavy atom. The molecule has 2 aliphatic rings. The molecule has 0 saturated heterocycles. The number of benzene rings is 1. The van der Waals surface area contributed by atoms with Gasteiger partial charge in [-0.1, -0.05) is 69.7 Å². The predicted octanol–water partition coefficient (Wildman–Crippen LogP) is 7.35. The largest absolute Gasteiger partial charge is 0.325 e. The lowest BCUT2D eigenvalue weighted by Gasteiger charge is -2.46. The minimum absolute atomic E-state index is 0.0211. The summed E-state index contributed by atoms with van der Waals surface area (Å²) >= 11 is 13.6. The highest BCUT2D eigenvalue weighted by atomic mass is 35.5. The highest BCUT2D eigenvalue weighted by Gasteiger charge is 2.47. The number of carbonyl (C=O) groups excluding carboxylic acids is 2. The van der Waals surface area contributed by atoms with Gasteiger partial charge < -0.3 is 5.32 Å². The van der Waals surface area contributed by atoms with E-state index in [1.165, 1.54) is 12.8 Å². The molecule has 0 radical (unpaired) electrons. The first kappa shape index (κ1) is 22.0. The zero-order chi connectivity index (χ0) is 20.5. The molecule has 2 aliphatic carbocycles. The molecule has 28 heavy (non-hydrogen) atoms. The Balaban J connectivity index is 1.89. The van der Waals surface area contributed by atoms with Gasteiger partial charge in [-0.15, -0.1) is 0 Å². The Kier molecular flexibility index (Phi) is 6.73. The molecule has 0 bridgehead atoms. The molecule has 1 N–H and O–H groups in total. The maximum atomic E-state index is 13.5. The molecule has 3 rings (SSSR count). The molecule has 154 valence electrons. The van der Waals surface area contributed by atoms with E-state index in [0.717, 1.165) is 50.3 Å². The van der Waals surface area contributed by atoms with Crippen LogP contribution >= 0.6 is 35.0 Å². The number of fused-ring (bicyclic) bond motifs is 1. The first-order chi connectivity index (χ1) is 13.1. The van der Waals surface area contributed by atoms with Crippen molar-refractivity contribution >= 4 is 51.7 Å². The number of carbonyl (C=O) groups is 2. The van der Waals surface area contributed by atoms with Gasteiger partial charge in [0.05, 0.1) is 21.1 Å². The molecule has 2 fully saturated rings. The third kappa shape index (κ3) is 4.55. The van der Waals surface area contributed by atoms with Crippen LogP contribution in [-0.2, 0) is 9.59 Å². The molecule has 2 saturated carbocycles. The summed E-state index contributed by atoms with van der Waals surface area (Å²) in [5, 5.41) is 3.93. The van der Waals surface area contributed by atoms with Crippen molar-refractivity contribution in [1.82, 2.24) is 0 Å². The van der Waals surface area contributed by atoms with Crippen LogP contribution in [0, 0.1) is 16.7 Å². The van der Waals surface area contributed by atoms with Crippen LogP contribution in [0.15, 0.2) is 17.0 Å². The third-order valence-corrected chi connectivity index (χ3v) is 8.25. The summed E-state index contributed by atoms with van der Waals surface area (Å²) in [7, 11) is 0. The van der Waals surface area contributed by atoms with Gasteiger partial charge in [0, 0.05) is 10.3 Å². The molecular formula is C22H29Cl2NO2S. The molecule has 0 atom stereocenters. The highest BCUT2D eigenvalue weighted by molar-refractivity contribution is 8.13. The van der Waals surface area contributed by atoms with Crippen molar-refractivity contribution in [2.45, 2.75) is 77.0 Å². The summed E-state index contributed by atoms with van der Waals surface area (Å²) in [4.78, 5) is 26.7. The topological polar surface area (TPSA) is 46.2 Å². The molecule has 6 heteroatoms. The Hall–Kier alpha value is -0.710. The van der Waals surface area contributed by atoms with Crippen LogP contribution < -0.4 is 5.32 Å². The minimum Gasteiger partial charge on any atom is -0.325 e. The van der Waals surface area contributed by atoms with Crippen molar-refractivity contribution in [3.05, 3.63) is 22.2 Å². The fourth-order valence-electron chi connectivity index (χ4n) is 4.52. The maximum absolute atomic E-state index is 13.5. The lowest BCUT2D eigenvalue weighted by Crippen LogP contribution is -2.46. The Bertz CT molecular complexity index is 761. The average molecular weight is 442 g/mol. The molecule has 0 aliphatic heterocycles. The number of amides is 1. The normalized spacial score (nSPS) is 25.1. The van der Waals surface area contributed by atoms with Crippen LogP contribution in [0.2, 0.25) is 10.0 Å². The molecule has 3 nitrogen and oxygen atoms in total. The summed E-state index contributed by atoms with van der Waals surface area (Å²) in [5.41, 5.74) is -0.182. The lowest BCUT2D eigenvalue weighted by atomic mass is 9.59. The van der Waals surface area contributed by atoms with Crippen molar-refractivity contribution in [1.29, 1.82) is 0 Å². The summed E-state index contributed by atoms with van der Waals surface area (Å²) in [6.45, 7) is 5.64. The number of halogens is 2. The number of hydrogen-bond acceptors (Lipinski definition) is 3. The molecule has 1 amide bonds. The van der Waals surface area contributed by atoms with Crippen LogP contribution in [0.1, 0.15) is 72.1 Å². The maximum Gasteiger partial charge on any atom is 0.230 e. The summed E-state index contributed by atoms with van der Waals surface area (Å²) in [5.74, 6) is 0.547. The molecule has 1 aromatic rings. The van der Waals surface area contributed by atoms with E-state index in [9.17, 15) is 9.59 Å². The second kappa shape index (κ2) is 8.57. The van der Waals surface area contributed by atoms with Crippen LogP contribution in [0.5, 0.6) is 0 Å². The number of hydrogen-bond donors (Lipinski definition) is 1. The molecule has 1 aromatic carbocycles. The number of nitrogens with one attached hydrogen (secondary N) is 1. The van der Waals surface area contributed by atoms with Gasteiger partial charge in [-0.25, -0.2) is 0 Å². The monoisotopic (exact) mass is 441 g/mol. The first-order valence-electron chi connectivity index (χ1n) is 10.2. The SMILES string of the molecule is CC(C)(C)C(=O)Sc1cc(Cl)c(Cl)cc1NC(=O)C12CCCCC1CCCC2. The Morgan fingerprint density at radius 2 is 1.61 bits per heavy atom. The minimum atomic E-state index is -0.491. The molecule has 0 heterocycles. The average Bonchev–Trinajstić information content (AvgIpc) is 2.64. The second-order valence-electron chi connectivity index (χ2n) is 9.20. The van der Waals surface area contributed by atoms with Gasteiger partial charge in [0.2, 0.25) is 5.91 Å². The molecular weight excluding hydrogens is 413 g/mol. The van der Waals surface area contributed by atoms with Gasteiger partial charge in [-0.3, -0.25) is 9.59 Å². The van der Waals surface area contributed by atoms with Crippen LogP contribution in [-0.4, -0.2) is 11.0 Å². The van der Waals surface area contributed by atoms with Crippen molar-refractivity contribution in [2.24, 2.45) is 16.7 Å². The second-order valence-corrected chi connectivity index (χ2v) is 11.0. The van der Waals surface area contributed by atoms with Crippen molar-refractivity contribution < 1.29 is 9.59 Å². The van der Waals surface area contributed by atoms with Gasteiger partial charge in [-0.05, 0) is 55.5 Å². The van der Waals surface area contributed by atoms with Gasteiger partial charge in [-0.2, -0.15) is 0 Å². The van der Waals surface area contributed by atoms with Crippen LogP contribution in [0.3, 0.4) is 0 Å². The Labute approximate surface area is 182 Å². The predicted molar refractivity (Wildman–Crippen MR) is 118 cm³/mol. The summed E-state index contributed by atoms with van der Waals surface area (Å²) in [6, 6.07) is 3.36. The fraction of sp³-hybridized carbons (Fsp3) is 0.636. The van der Waals surface area contributed by atoms with E-state index in [1.54, 1.807) is 12.1 Å². The number of anilines is 1. The Morgan fingerprint density at radius 3 is 2.18 bits per heavy atom. The standard InChI is InChI=1S/C22H29Cl2NO2S/c1-21(2,3)20(27)28-18-13-16(24)15(23)12-17(18)25-19(26)22-10-6-4-8-14(22)9-5-7-11-22/h12-14H,4-11H2,1-3H3,(H,25,26). The summed E-state index contributed by atoms with van der Waals surface area (Å²) < 4.78 is 0. The third-order valence-electron chi connectivity index (χ3n) is 6.17. The van der Waals surface area contributed by atoms with E-state index >= 15 is 0 Å². The smallest absolute Gasteiger partial charge is 0.230 e. The van der Waals surface area contributed by atoms with E-state index in [1.807, 2.05) is 20.8 Å². The zero-order valence-electron chi connectivity index (χ0n) is 16.9. The lowest BCUT2D eigenvalue weighted by molar-refractivity contribution is -0.133. The first-order valence-corrected chi connectivity index (χ1v) is 11.7. The number of thioether (sulfide) groups is 1. The van der Waals surface area contributed by atoms with Gasteiger partial charge in [0.1, 0.15) is 0 Å². The summed E-state index contributed by atoms with van der Waals surface area (Å²) in [6.07, 6.45) is 8.83. The molecule has 0 spiro atoms. The van der Waals surface area contributed by atoms with Gasteiger partial charge in [0.15, 0.2) is 5.12 Å². The quantitative estimate of drug-likeness (QED) is 0.498. The van der Waals surface area contributed by atoms with Gasteiger partial charge >= 0.3 is 0 Å². The van der Waals surface area contributed by atoms with Crippen molar-refractivity contribution in [2.75, 3.05) is 5.32 Å². The molecule has 0 unspecified atom stereocenters. The van der Waals surface area contributed by atoms with E-state index in [4.69, 9.17) is 23.2 Å². The van der Waals surface area contributed by atoms with Crippen LogP contribution in [0.4, 0.5) is 5.69 Å². The van der Waals surface area contributed by atoms with E-state index < -0.39 is 5.41 Å².